The molecule has 3 rings (SSSR count). The molecule has 0 bridgehead atoms. The van der Waals surface area contributed by atoms with Gasteiger partial charge in [0.2, 0.25) is 0 Å². The maximum atomic E-state index is 12.7. The number of hydrogen-bond acceptors (Lipinski definition) is 4. The van der Waals surface area contributed by atoms with Gasteiger partial charge in [0, 0.05) is 17.7 Å². The van der Waals surface area contributed by atoms with Gasteiger partial charge in [-0.05, 0) is 31.1 Å². The number of benzene rings is 1. The Labute approximate surface area is 124 Å². The van der Waals surface area contributed by atoms with Crippen LogP contribution >= 0.6 is 0 Å². The molecule has 0 aromatic heterocycles. The van der Waals surface area contributed by atoms with Crippen LogP contribution in [0.4, 0.5) is 5.69 Å². The highest BCUT2D eigenvalue weighted by Crippen LogP contribution is 2.26. The number of amides is 1. The highest BCUT2D eigenvalue weighted by Gasteiger charge is 2.36. The highest BCUT2D eigenvalue weighted by atomic mass is 32.2. The topological polar surface area (TPSA) is 63.7 Å². The number of carbonyl (C=O) groups excluding carboxylic acids is 1. The third-order valence-electron chi connectivity index (χ3n) is 3.72. The molecule has 0 N–H and O–H groups in total. The Morgan fingerprint density at radius 3 is 2.57 bits per heavy atom. The first-order valence-electron chi connectivity index (χ1n) is 6.97. The molecule has 0 spiro atoms. The molecule has 1 saturated heterocycles. The minimum atomic E-state index is -3.22. The summed E-state index contributed by atoms with van der Waals surface area (Å²) in [6.45, 7) is 0.581. The number of hydrogen-bond donors (Lipinski definition) is 0. The lowest BCUT2D eigenvalue weighted by atomic mass is 10.1. The largest absolute Gasteiger partial charge is 0.368 e. The molecule has 0 saturated carbocycles. The molecule has 2 atom stereocenters. The van der Waals surface area contributed by atoms with E-state index in [4.69, 9.17) is 4.74 Å². The summed E-state index contributed by atoms with van der Waals surface area (Å²) in [7, 11) is -3.22. The van der Waals surface area contributed by atoms with E-state index in [2.05, 4.69) is 0 Å². The van der Waals surface area contributed by atoms with Gasteiger partial charge in [0.1, 0.15) is 6.10 Å². The lowest BCUT2D eigenvalue weighted by Crippen LogP contribution is -2.46. The number of carbonyl (C=O) groups is 1. The molecule has 21 heavy (non-hydrogen) atoms. The minimum absolute atomic E-state index is 0.0691. The molecule has 5 nitrogen and oxygen atoms in total. The van der Waals surface area contributed by atoms with E-state index in [0.717, 1.165) is 6.42 Å². The van der Waals surface area contributed by atoms with Crippen molar-refractivity contribution in [2.45, 2.75) is 25.0 Å². The summed E-state index contributed by atoms with van der Waals surface area (Å²) in [4.78, 5) is 14.3. The van der Waals surface area contributed by atoms with Gasteiger partial charge >= 0.3 is 0 Å². The van der Waals surface area contributed by atoms with Crippen LogP contribution in [0.2, 0.25) is 0 Å². The van der Waals surface area contributed by atoms with E-state index in [1.54, 1.807) is 11.0 Å². The van der Waals surface area contributed by atoms with Crippen molar-refractivity contribution in [1.29, 1.82) is 0 Å². The second kappa shape index (κ2) is 5.61. The lowest BCUT2D eigenvalue weighted by molar-refractivity contribution is -0.127. The highest BCUT2D eigenvalue weighted by molar-refractivity contribution is 7.94. The second-order valence-corrected chi connectivity index (χ2v) is 7.20. The van der Waals surface area contributed by atoms with E-state index in [-0.39, 0.29) is 11.7 Å². The summed E-state index contributed by atoms with van der Waals surface area (Å²) in [6.07, 6.45) is 2.65. The van der Waals surface area contributed by atoms with Gasteiger partial charge in [-0.15, -0.1) is 0 Å². The van der Waals surface area contributed by atoms with Crippen molar-refractivity contribution in [3.05, 3.63) is 41.8 Å². The molecule has 2 aliphatic rings. The van der Waals surface area contributed by atoms with Crippen molar-refractivity contribution in [1.82, 2.24) is 0 Å². The Hall–Kier alpha value is -1.66. The van der Waals surface area contributed by atoms with Crippen molar-refractivity contribution < 1.29 is 17.9 Å². The van der Waals surface area contributed by atoms with E-state index < -0.39 is 22.0 Å². The van der Waals surface area contributed by atoms with Gasteiger partial charge in [0.25, 0.3) is 5.91 Å². The van der Waals surface area contributed by atoms with Crippen LogP contribution in [0.3, 0.4) is 0 Å². The molecule has 2 heterocycles. The van der Waals surface area contributed by atoms with Gasteiger partial charge in [0.15, 0.2) is 9.84 Å². The van der Waals surface area contributed by atoms with E-state index in [1.807, 2.05) is 30.3 Å². The standard InChI is InChI=1S/C15H17NO4S/c17-15(14-7-4-9-20-14)16(12-5-2-1-3-6-12)13-8-10-21(18,19)11-13/h1-3,5-6,8,10,13-14H,4,7,9,11H2/t13-,14+/m0/s1. The van der Waals surface area contributed by atoms with Gasteiger partial charge in [0.05, 0.1) is 11.8 Å². The quantitative estimate of drug-likeness (QED) is 0.849. The van der Waals surface area contributed by atoms with Crippen LogP contribution in [-0.2, 0) is 19.4 Å². The maximum absolute atomic E-state index is 12.7. The SMILES string of the molecule is O=C([C@H]1CCCO1)N(c1ccccc1)[C@H]1C=CS(=O)(=O)C1. The van der Waals surface area contributed by atoms with Crippen LogP contribution in [-0.4, -0.2) is 38.8 Å². The van der Waals surface area contributed by atoms with Gasteiger partial charge in [-0.2, -0.15) is 0 Å². The summed E-state index contributed by atoms with van der Waals surface area (Å²) in [6, 6.07) is 8.68. The van der Waals surface area contributed by atoms with E-state index in [9.17, 15) is 13.2 Å². The Balaban J connectivity index is 1.92. The first-order valence-corrected chi connectivity index (χ1v) is 8.69. The van der Waals surface area contributed by atoms with Crippen molar-refractivity contribution in [2.75, 3.05) is 17.3 Å². The zero-order chi connectivity index (χ0) is 14.9. The van der Waals surface area contributed by atoms with Crippen molar-refractivity contribution in [3.8, 4) is 0 Å². The van der Waals surface area contributed by atoms with Crippen LogP contribution in [0.25, 0.3) is 0 Å². The van der Waals surface area contributed by atoms with E-state index >= 15 is 0 Å². The average molecular weight is 307 g/mol. The van der Waals surface area contributed by atoms with Crippen molar-refractivity contribution in [2.24, 2.45) is 0 Å². The molecule has 1 aromatic carbocycles. The lowest BCUT2D eigenvalue weighted by Gasteiger charge is -2.29. The van der Waals surface area contributed by atoms with Gasteiger partial charge in [-0.1, -0.05) is 18.2 Å². The minimum Gasteiger partial charge on any atom is -0.368 e. The number of anilines is 1. The fourth-order valence-corrected chi connectivity index (χ4v) is 3.99. The summed E-state index contributed by atoms with van der Waals surface area (Å²) in [5.74, 6) is -0.231. The fraction of sp³-hybridized carbons (Fsp3) is 0.400. The Morgan fingerprint density at radius 2 is 2.00 bits per heavy atom. The molecule has 2 aliphatic heterocycles. The zero-order valence-electron chi connectivity index (χ0n) is 11.5. The molecule has 0 aliphatic carbocycles. The van der Waals surface area contributed by atoms with E-state index in [0.29, 0.717) is 18.7 Å². The molecule has 1 aromatic rings. The molecule has 0 radical (unpaired) electrons. The predicted octanol–water partition coefficient (Wildman–Crippen LogP) is 1.51. The Kier molecular flexibility index (Phi) is 3.82. The normalized spacial score (nSPS) is 26.9. The summed E-state index contributed by atoms with van der Waals surface area (Å²) in [5, 5.41) is 1.19. The van der Waals surface area contributed by atoms with Crippen LogP contribution in [0.1, 0.15) is 12.8 Å². The average Bonchev–Trinajstić information content (AvgIpc) is 3.10. The third-order valence-corrected chi connectivity index (χ3v) is 5.10. The smallest absolute Gasteiger partial charge is 0.256 e. The molecule has 0 unspecified atom stereocenters. The Bertz CT molecular complexity index is 648. The van der Waals surface area contributed by atoms with Crippen LogP contribution in [0, 0.1) is 0 Å². The number of nitrogens with zero attached hydrogens (tertiary/aromatic N) is 1. The summed E-state index contributed by atoms with van der Waals surface area (Å²) >= 11 is 0. The number of rotatable bonds is 3. The van der Waals surface area contributed by atoms with Crippen molar-refractivity contribution >= 4 is 21.4 Å². The monoisotopic (exact) mass is 307 g/mol. The van der Waals surface area contributed by atoms with Gasteiger partial charge in [-0.25, -0.2) is 8.42 Å². The second-order valence-electron chi connectivity index (χ2n) is 5.27. The molecular formula is C15H17NO4S. The number of ether oxygens (including phenoxy) is 1. The number of sulfone groups is 1. The predicted molar refractivity (Wildman–Crippen MR) is 79.6 cm³/mol. The maximum Gasteiger partial charge on any atom is 0.256 e. The molecule has 6 heteroatoms. The van der Waals surface area contributed by atoms with Crippen LogP contribution in [0.5, 0.6) is 0 Å². The third kappa shape index (κ3) is 3.01. The first-order chi connectivity index (χ1) is 10.1. The summed E-state index contributed by atoms with van der Waals surface area (Å²) in [5.41, 5.74) is 0.699. The fourth-order valence-electron chi connectivity index (χ4n) is 2.72. The van der Waals surface area contributed by atoms with E-state index in [1.165, 1.54) is 5.41 Å². The summed E-state index contributed by atoms with van der Waals surface area (Å²) < 4.78 is 28.8. The zero-order valence-corrected chi connectivity index (χ0v) is 12.3. The number of para-hydroxylation sites is 1. The Morgan fingerprint density at radius 1 is 1.24 bits per heavy atom. The molecule has 1 fully saturated rings. The van der Waals surface area contributed by atoms with Crippen LogP contribution in [0.15, 0.2) is 41.8 Å². The molecule has 1 amide bonds. The van der Waals surface area contributed by atoms with Crippen LogP contribution < -0.4 is 4.90 Å². The molecular weight excluding hydrogens is 290 g/mol. The van der Waals surface area contributed by atoms with Gasteiger partial charge < -0.3 is 9.64 Å². The first kappa shape index (κ1) is 14.3. The van der Waals surface area contributed by atoms with Crippen molar-refractivity contribution in [3.63, 3.8) is 0 Å². The van der Waals surface area contributed by atoms with Gasteiger partial charge in [-0.3, -0.25) is 4.79 Å². The molecule has 112 valence electrons.